The van der Waals surface area contributed by atoms with Gasteiger partial charge in [0.05, 0.1) is 19.4 Å². The van der Waals surface area contributed by atoms with Crippen LogP contribution in [0.5, 0.6) is 11.5 Å². The van der Waals surface area contributed by atoms with E-state index in [0.717, 1.165) is 0 Å². The molecule has 5 nitrogen and oxygen atoms in total. The fourth-order valence-corrected chi connectivity index (χ4v) is 3.15. The Labute approximate surface area is 101 Å². The predicted octanol–water partition coefficient (Wildman–Crippen LogP) is 2.86. The molecular weight excluding hydrogens is 243 g/mol. The molecule has 0 aliphatic carbocycles. The third kappa shape index (κ3) is 4.04. The van der Waals surface area contributed by atoms with Gasteiger partial charge >= 0.3 is 7.60 Å². The van der Waals surface area contributed by atoms with Crippen LogP contribution in [0.2, 0.25) is 0 Å². The molecule has 1 rings (SSSR count). The molecule has 0 atom stereocenters. The van der Waals surface area contributed by atoms with E-state index in [9.17, 15) is 9.67 Å². The van der Waals surface area contributed by atoms with Crippen molar-refractivity contribution in [1.29, 1.82) is 0 Å². The fourth-order valence-electron chi connectivity index (χ4n) is 1.42. The van der Waals surface area contributed by atoms with Gasteiger partial charge in [-0.3, -0.25) is 4.57 Å². The molecule has 0 aliphatic rings. The Morgan fingerprint density at radius 3 is 2.24 bits per heavy atom. The van der Waals surface area contributed by atoms with Crippen LogP contribution in [-0.4, -0.2) is 23.4 Å². The van der Waals surface area contributed by atoms with Gasteiger partial charge < -0.3 is 19.3 Å². The fraction of sp³-hybridized carbons (Fsp3) is 0.455. The summed E-state index contributed by atoms with van der Waals surface area (Å²) < 4.78 is 22.4. The molecule has 0 aliphatic heterocycles. The largest absolute Gasteiger partial charge is 0.508 e. The summed E-state index contributed by atoms with van der Waals surface area (Å²) >= 11 is 0. The molecule has 96 valence electrons. The first-order valence-electron chi connectivity index (χ1n) is 5.39. The van der Waals surface area contributed by atoms with Gasteiger partial charge in [0.1, 0.15) is 11.5 Å². The van der Waals surface area contributed by atoms with E-state index in [1.807, 2.05) is 0 Å². The van der Waals surface area contributed by atoms with Crippen molar-refractivity contribution < 1.29 is 23.8 Å². The van der Waals surface area contributed by atoms with E-state index in [0.29, 0.717) is 5.56 Å². The van der Waals surface area contributed by atoms with Gasteiger partial charge in [0.25, 0.3) is 0 Å². The molecule has 0 heterocycles. The molecule has 1 aromatic rings. The average Bonchev–Trinajstić information content (AvgIpc) is 2.23. The number of hydrogen-bond acceptors (Lipinski definition) is 5. The highest BCUT2D eigenvalue weighted by molar-refractivity contribution is 7.53. The molecule has 2 N–H and O–H groups in total. The van der Waals surface area contributed by atoms with E-state index in [-0.39, 0.29) is 30.9 Å². The minimum absolute atomic E-state index is 0.0131. The Morgan fingerprint density at radius 1 is 1.18 bits per heavy atom. The highest BCUT2D eigenvalue weighted by atomic mass is 31.2. The number of hydrogen-bond donors (Lipinski definition) is 2. The Morgan fingerprint density at radius 2 is 1.76 bits per heavy atom. The molecule has 0 radical (unpaired) electrons. The minimum atomic E-state index is -3.22. The summed E-state index contributed by atoms with van der Waals surface area (Å²) in [4.78, 5) is 0. The van der Waals surface area contributed by atoms with E-state index in [4.69, 9.17) is 14.2 Å². The van der Waals surface area contributed by atoms with E-state index < -0.39 is 7.60 Å². The van der Waals surface area contributed by atoms with Crippen LogP contribution in [0.25, 0.3) is 0 Å². The van der Waals surface area contributed by atoms with Gasteiger partial charge in [-0.1, -0.05) is 6.07 Å². The second-order valence-corrected chi connectivity index (χ2v) is 5.47. The van der Waals surface area contributed by atoms with Gasteiger partial charge in [-0.25, -0.2) is 0 Å². The molecule has 17 heavy (non-hydrogen) atoms. The van der Waals surface area contributed by atoms with E-state index in [1.165, 1.54) is 18.2 Å². The van der Waals surface area contributed by atoms with Gasteiger partial charge in [0.15, 0.2) is 0 Å². The van der Waals surface area contributed by atoms with Crippen LogP contribution in [0.4, 0.5) is 0 Å². The monoisotopic (exact) mass is 260 g/mol. The Bertz CT molecular complexity index is 408. The van der Waals surface area contributed by atoms with Crippen molar-refractivity contribution in [2.45, 2.75) is 20.0 Å². The second-order valence-electron chi connectivity index (χ2n) is 3.42. The number of rotatable bonds is 6. The molecule has 1 aromatic carbocycles. The lowest BCUT2D eigenvalue weighted by Gasteiger charge is -2.17. The number of phenolic OH excluding ortho intramolecular Hbond substituents is 2. The molecule has 0 saturated heterocycles. The molecule has 0 aromatic heterocycles. The summed E-state index contributed by atoms with van der Waals surface area (Å²) in [6, 6.07) is 4.10. The molecule has 0 amide bonds. The number of aromatic hydroxyl groups is 2. The molecule has 0 spiro atoms. The molecule has 0 bridgehead atoms. The van der Waals surface area contributed by atoms with Gasteiger partial charge in [0, 0.05) is 11.6 Å². The van der Waals surface area contributed by atoms with Gasteiger partial charge in [0.2, 0.25) is 0 Å². The quantitative estimate of drug-likeness (QED) is 0.769. The molecule has 0 unspecified atom stereocenters. The van der Waals surface area contributed by atoms with Crippen molar-refractivity contribution in [3.63, 3.8) is 0 Å². The maximum absolute atomic E-state index is 12.2. The third-order valence-corrected chi connectivity index (χ3v) is 4.12. The predicted molar refractivity (Wildman–Crippen MR) is 64.3 cm³/mol. The van der Waals surface area contributed by atoms with Crippen molar-refractivity contribution in [2.24, 2.45) is 0 Å². The summed E-state index contributed by atoms with van der Waals surface area (Å²) in [6.45, 7) is 4.00. The molecule has 0 fully saturated rings. The zero-order valence-corrected chi connectivity index (χ0v) is 10.8. The Balaban J connectivity index is 2.89. The molecule has 6 heteroatoms. The lowest BCUT2D eigenvalue weighted by Crippen LogP contribution is -1.99. The van der Waals surface area contributed by atoms with Crippen LogP contribution in [0, 0.1) is 0 Å². The maximum Gasteiger partial charge on any atom is 0.335 e. The number of benzene rings is 1. The van der Waals surface area contributed by atoms with Crippen molar-refractivity contribution >= 4 is 7.60 Å². The third-order valence-electron chi connectivity index (χ3n) is 2.08. The molecule has 0 saturated carbocycles. The maximum atomic E-state index is 12.2. The standard InChI is InChI=1S/C11H17O5P/c1-3-15-17(14,16-4-2)8-9-5-6-10(12)7-11(9)13/h5-7,12-13H,3-4,8H2,1-2H3. The summed E-state index contributed by atoms with van der Waals surface area (Å²) in [5.74, 6) is -0.168. The topological polar surface area (TPSA) is 76.0 Å². The highest BCUT2D eigenvalue weighted by Crippen LogP contribution is 2.52. The van der Waals surface area contributed by atoms with Crippen LogP contribution in [-0.2, 0) is 19.8 Å². The average molecular weight is 260 g/mol. The van der Waals surface area contributed by atoms with Crippen LogP contribution in [0.3, 0.4) is 0 Å². The van der Waals surface area contributed by atoms with E-state index in [2.05, 4.69) is 0 Å². The highest BCUT2D eigenvalue weighted by Gasteiger charge is 2.25. The lowest BCUT2D eigenvalue weighted by atomic mass is 10.2. The zero-order valence-electron chi connectivity index (χ0n) is 9.92. The van der Waals surface area contributed by atoms with Crippen molar-refractivity contribution in [2.75, 3.05) is 13.2 Å². The lowest BCUT2D eigenvalue weighted by molar-refractivity contribution is 0.219. The van der Waals surface area contributed by atoms with Gasteiger partial charge in [-0.15, -0.1) is 0 Å². The SMILES string of the molecule is CCOP(=O)(Cc1ccc(O)cc1O)OCC. The minimum Gasteiger partial charge on any atom is -0.508 e. The first-order chi connectivity index (χ1) is 8.00. The summed E-state index contributed by atoms with van der Waals surface area (Å²) in [6.07, 6.45) is -0.0131. The normalized spacial score (nSPS) is 11.6. The summed E-state index contributed by atoms with van der Waals surface area (Å²) in [7, 11) is -3.22. The van der Waals surface area contributed by atoms with Gasteiger partial charge in [-0.2, -0.15) is 0 Å². The van der Waals surface area contributed by atoms with Crippen molar-refractivity contribution in [1.82, 2.24) is 0 Å². The summed E-state index contributed by atoms with van der Waals surface area (Å²) in [5.41, 5.74) is 0.424. The van der Waals surface area contributed by atoms with E-state index >= 15 is 0 Å². The first kappa shape index (κ1) is 14.0. The van der Waals surface area contributed by atoms with Crippen molar-refractivity contribution in [3.05, 3.63) is 23.8 Å². The molecular formula is C11H17O5P. The Kier molecular flexibility index (Phi) is 5.00. The first-order valence-corrected chi connectivity index (χ1v) is 7.12. The van der Waals surface area contributed by atoms with Crippen molar-refractivity contribution in [3.8, 4) is 11.5 Å². The second kappa shape index (κ2) is 6.05. The van der Waals surface area contributed by atoms with Crippen LogP contribution < -0.4 is 0 Å². The van der Waals surface area contributed by atoms with E-state index in [1.54, 1.807) is 13.8 Å². The number of phenols is 2. The van der Waals surface area contributed by atoms with Crippen LogP contribution in [0.15, 0.2) is 18.2 Å². The smallest absolute Gasteiger partial charge is 0.335 e. The Hall–Kier alpha value is -1.03. The zero-order chi connectivity index (χ0) is 12.9. The van der Waals surface area contributed by atoms with Crippen LogP contribution >= 0.6 is 7.60 Å². The summed E-state index contributed by atoms with van der Waals surface area (Å²) in [5, 5.41) is 18.7. The van der Waals surface area contributed by atoms with Gasteiger partial charge in [-0.05, 0) is 19.9 Å². The van der Waals surface area contributed by atoms with Crippen LogP contribution in [0.1, 0.15) is 19.4 Å².